The number of benzene rings is 3. The van der Waals surface area contributed by atoms with Gasteiger partial charge < -0.3 is 26.2 Å². The Balaban J connectivity index is 1.31. The number of aliphatic hydroxyl groups is 3. The molecule has 3 aromatic carbocycles. The van der Waals surface area contributed by atoms with Gasteiger partial charge in [-0.15, -0.1) is 0 Å². The van der Waals surface area contributed by atoms with Crippen molar-refractivity contribution in [1.82, 2.24) is 5.01 Å². The first-order valence-electron chi connectivity index (χ1n) is 14.1. The number of nitrogens with zero attached hydrogens (tertiary/aromatic N) is 1. The molecule has 0 radical (unpaired) electrons. The molecule has 10 nitrogen and oxygen atoms in total. The minimum absolute atomic E-state index is 0.0496. The lowest BCUT2D eigenvalue weighted by molar-refractivity contribution is -0.144. The highest BCUT2D eigenvalue weighted by Crippen LogP contribution is 2.52. The first-order chi connectivity index (χ1) is 20.9. The summed E-state index contributed by atoms with van der Waals surface area (Å²) in [5, 5.41) is 45.3. The number of aromatic hydroxyl groups is 1. The van der Waals surface area contributed by atoms with Crippen LogP contribution in [0.4, 0.5) is 4.39 Å². The second-order valence-electron chi connectivity index (χ2n) is 11.6. The zero-order valence-electron chi connectivity index (χ0n) is 23.5. The highest BCUT2D eigenvalue weighted by molar-refractivity contribution is 6.24. The molecule has 0 bridgehead atoms. The van der Waals surface area contributed by atoms with E-state index in [1.807, 2.05) is 24.3 Å². The Hall–Kier alpha value is -4.84. The number of amides is 1. The van der Waals surface area contributed by atoms with Gasteiger partial charge in [-0.25, -0.2) is 9.40 Å². The Morgan fingerprint density at radius 1 is 0.977 bits per heavy atom. The number of primary amides is 1. The van der Waals surface area contributed by atoms with Crippen LogP contribution in [0.25, 0.3) is 11.1 Å². The van der Waals surface area contributed by atoms with E-state index in [4.69, 9.17) is 11.6 Å². The summed E-state index contributed by atoms with van der Waals surface area (Å²) in [5.74, 6) is -0.826. The molecule has 3 aliphatic carbocycles. The summed E-state index contributed by atoms with van der Waals surface area (Å²) in [4.78, 5) is 38.8. The van der Waals surface area contributed by atoms with Crippen LogP contribution < -0.4 is 11.6 Å². The SMILES string of the molecule is NC(=O)C1=C(O)C[C@@H]2C[C@@H]3Cc4c(-c5ccc(CN(N)Cc6cccc(F)c6)cc5)ccc(O)c4C(=O)C3=C(O)[C@]2(O)C1=O. The topological polar surface area (TPSA) is 187 Å². The second kappa shape index (κ2) is 10.7. The van der Waals surface area contributed by atoms with Crippen molar-refractivity contribution in [1.29, 1.82) is 0 Å². The molecule has 0 saturated heterocycles. The summed E-state index contributed by atoms with van der Waals surface area (Å²) in [7, 11) is 0. The number of carbonyl (C=O) groups is 3. The van der Waals surface area contributed by atoms with E-state index < -0.39 is 52.0 Å². The number of hydrazine groups is 1. The van der Waals surface area contributed by atoms with Crippen LogP contribution in [0.2, 0.25) is 0 Å². The van der Waals surface area contributed by atoms with Gasteiger partial charge in [-0.05, 0) is 64.8 Å². The Morgan fingerprint density at radius 2 is 1.68 bits per heavy atom. The van der Waals surface area contributed by atoms with Gasteiger partial charge in [0.25, 0.3) is 5.91 Å². The van der Waals surface area contributed by atoms with Crippen molar-refractivity contribution in [2.75, 3.05) is 0 Å². The third-order valence-corrected chi connectivity index (χ3v) is 8.87. The zero-order chi connectivity index (χ0) is 31.5. The van der Waals surface area contributed by atoms with E-state index in [0.717, 1.165) is 16.7 Å². The average Bonchev–Trinajstić information content (AvgIpc) is 2.95. The predicted octanol–water partition coefficient (Wildman–Crippen LogP) is 3.26. The molecule has 1 amide bonds. The maximum absolute atomic E-state index is 13.8. The number of carbonyl (C=O) groups excluding carboxylic acids is 3. The highest BCUT2D eigenvalue weighted by atomic mass is 19.1. The minimum Gasteiger partial charge on any atom is -0.511 e. The maximum atomic E-state index is 13.8. The third-order valence-electron chi connectivity index (χ3n) is 8.87. The van der Waals surface area contributed by atoms with E-state index in [2.05, 4.69) is 0 Å². The zero-order valence-corrected chi connectivity index (χ0v) is 23.5. The van der Waals surface area contributed by atoms with Gasteiger partial charge in [0.05, 0.1) is 5.56 Å². The van der Waals surface area contributed by atoms with E-state index in [1.54, 1.807) is 23.2 Å². The number of ketones is 2. The molecule has 0 fully saturated rings. The number of rotatable bonds is 6. The van der Waals surface area contributed by atoms with Gasteiger partial charge in [-0.2, -0.15) is 0 Å². The average molecular weight is 600 g/mol. The van der Waals surface area contributed by atoms with Crippen LogP contribution in [0.15, 0.2) is 83.3 Å². The van der Waals surface area contributed by atoms with Crippen LogP contribution in [0.1, 0.15) is 39.9 Å². The lowest BCUT2D eigenvalue weighted by atomic mass is 9.60. The number of aliphatic hydroxyl groups excluding tert-OH is 2. The van der Waals surface area contributed by atoms with Gasteiger partial charge in [-0.1, -0.05) is 42.5 Å². The molecule has 3 aliphatic rings. The van der Waals surface area contributed by atoms with Gasteiger partial charge in [-0.3, -0.25) is 20.2 Å². The van der Waals surface area contributed by atoms with Gasteiger partial charge in [0.1, 0.15) is 28.7 Å². The first-order valence-corrected chi connectivity index (χ1v) is 14.1. The Morgan fingerprint density at radius 3 is 2.36 bits per heavy atom. The van der Waals surface area contributed by atoms with Crippen molar-refractivity contribution in [3.05, 3.63) is 111 Å². The summed E-state index contributed by atoms with van der Waals surface area (Å²) in [6.07, 6.45) is -0.0418. The Kier molecular flexibility index (Phi) is 7.11. The van der Waals surface area contributed by atoms with Crippen LogP contribution in [0.3, 0.4) is 0 Å². The summed E-state index contributed by atoms with van der Waals surface area (Å²) in [6.45, 7) is 0.733. The molecule has 226 valence electrons. The molecule has 11 heteroatoms. The van der Waals surface area contributed by atoms with Crippen molar-refractivity contribution >= 4 is 17.5 Å². The van der Waals surface area contributed by atoms with Gasteiger partial charge in [0.2, 0.25) is 5.78 Å². The van der Waals surface area contributed by atoms with Crippen LogP contribution in [-0.4, -0.2) is 48.5 Å². The van der Waals surface area contributed by atoms with Crippen LogP contribution in [0.5, 0.6) is 5.75 Å². The number of nitrogens with two attached hydrogens (primary N) is 2. The molecular weight excluding hydrogens is 569 g/mol. The fourth-order valence-corrected chi connectivity index (χ4v) is 6.84. The van der Waals surface area contributed by atoms with Crippen LogP contribution in [0, 0.1) is 17.7 Å². The van der Waals surface area contributed by atoms with E-state index in [1.165, 1.54) is 18.2 Å². The molecule has 0 unspecified atom stereocenters. The van der Waals surface area contributed by atoms with Crippen LogP contribution >= 0.6 is 0 Å². The number of phenols is 1. The van der Waals surface area contributed by atoms with Crippen molar-refractivity contribution < 1.29 is 39.2 Å². The lowest BCUT2D eigenvalue weighted by Crippen LogP contribution is -2.57. The molecule has 6 rings (SSSR count). The number of phenolic OH excluding ortho intramolecular Hbond substituents is 1. The summed E-state index contributed by atoms with van der Waals surface area (Å²) in [6, 6.07) is 16.7. The number of fused-ring (bicyclic) bond motifs is 3. The summed E-state index contributed by atoms with van der Waals surface area (Å²) < 4.78 is 13.5. The van der Waals surface area contributed by atoms with E-state index >= 15 is 0 Å². The number of hydrogen-bond acceptors (Lipinski definition) is 9. The molecule has 0 aliphatic heterocycles. The maximum Gasteiger partial charge on any atom is 0.255 e. The van der Waals surface area contributed by atoms with Crippen molar-refractivity contribution in [3.8, 4) is 16.9 Å². The number of allylic oxidation sites excluding steroid dienone is 2. The smallest absolute Gasteiger partial charge is 0.255 e. The van der Waals surface area contributed by atoms with E-state index in [9.17, 15) is 39.2 Å². The van der Waals surface area contributed by atoms with Gasteiger partial charge in [0, 0.05) is 31.0 Å². The summed E-state index contributed by atoms with van der Waals surface area (Å²) in [5.41, 5.74) is 5.19. The summed E-state index contributed by atoms with van der Waals surface area (Å²) >= 11 is 0. The van der Waals surface area contributed by atoms with Gasteiger partial charge in [0.15, 0.2) is 11.4 Å². The Bertz CT molecular complexity index is 1800. The molecule has 8 N–H and O–H groups in total. The van der Waals surface area contributed by atoms with Crippen molar-refractivity contribution in [3.63, 3.8) is 0 Å². The molecule has 3 aromatic rings. The van der Waals surface area contributed by atoms with Crippen molar-refractivity contribution in [2.24, 2.45) is 23.4 Å². The second-order valence-corrected chi connectivity index (χ2v) is 11.6. The standard InChI is InChI=1S/C33H30FN3O7/c34-21-3-1-2-17(10-21)15-37(36)14-16-4-6-18(7-5-16)22-8-9-24(38)27-23(22)12-19-11-20-13-25(39)28(32(35)43)31(42)33(20,44)30(41)26(19)29(27)40/h1-10,19-20,38-39,41,44H,11-15,36H2,(H2,35,43)/t19-,20+,33+/m1/s1. The van der Waals surface area contributed by atoms with E-state index in [-0.39, 0.29) is 42.0 Å². The van der Waals surface area contributed by atoms with E-state index in [0.29, 0.717) is 24.2 Å². The quantitative estimate of drug-likeness (QED) is 0.140. The molecule has 3 atom stereocenters. The fraction of sp³-hybridized carbons (Fsp3) is 0.242. The lowest BCUT2D eigenvalue weighted by Gasteiger charge is -2.45. The Labute approximate surface area is 251 Å². The predicted molar refractivity (Wildman–Crippen MR) is 156 cm³/mol. The molecule has 0 heterocycles. The van der Waals surface area contributed by atoms with Crippen molar-refractivity contribution in [2.45, 2.75) is 38.0 Å². The largest absolute Gasteiger partial charge is 0.511 e. The number of hydrogen-bond donors (Lipinski definition) is 6. The van der Waals surface area contributed by atoms with Gasteiger partial charge >= 0.3 is 0 Å². The minimum atomic E-state index is -2.61. The molecule has 0 spiro atoms. The third kappa shape index (κ3) is 4.66. The molecule has 0 saturated carbocycles. The number of Topliss-reactive ketones (excluding diaryl/α,β-unsaturated/α-hetero) is 2. The molecule has 0 aromatic heterocycles. The fourth-order valence-electron chi connectivity index (χ4n) is 6.84. The highest BCUT2D eigenvalue weighted by Gasteiger charge is 2.59. The first kappa shape index (κ1) is 29.2. The van der Waals surface area contributed by atoms with Crippen LogP contribution in [-0.2, 0) is 29.1 Å². The molecule has 44 heavy (non-hydrogen) atoms. The molecular formula is C33H30FN3O7. The normalized spacial score (nSPS) is 23.0. The monoisotopic (exact) mass is 599 g/mol. The number of halogens is 1.